The maximum Gasteiger partial charge on any atom is 0.244 e. The van der Waals surface area contributed by atoms with Crippen molar-refractivity contribution in [3.8, 4) is 0 Å². The summed E-state index contributed by atoms with van der Waals surface area (Å²) < 4.78 is 26.7. The standard InChI is InChI=1S/C13H19ClN2O2S/c1-2-16(9-10-3-4-10)19(17,18)13-7-11(8-15)5-6-12(13)14/h5-7,10H,2-4,8-9,15H2,1H3. The molecule has 1 aliphatic rings. The topological polar surface area (TPSA) is 63.4 Å². The highest BCUT2D eigenvalue weighted by atomic mass is 35.5. The van der Waals surface area contributed by atoms with Gasteiger partial charge in [0.2, 0.25) is 10.0 Å². The van der Waals surface area contributed by atoms with Crippen LogP contribution in [0, 0.1) is 5.92 Å². The first-order chi connectivity index (χ1) is 8.98. The molecular weight excluding hydrogens is 284 g/mol. The Morgan fingerprint density at radius 3 is 2.63 bits per heavy atom. The molecule has 0 unspecified atom stereocenters. The second-order valence-corrected chi connectivity index (χ2v) is 7.18. The van der Waals surface area contributed by atoms with E-state index in [9.17, 15) is 8.42 Å². The van der Waals surface area contributed by atoms with Gasteiger partial charge in [0.15, 0.2) is 0 Å². The molecule has 1 aliphatic carbocycles. The summed E-state index contributed by atoms with van der Waals surface area (Å²) in [7, 11) is -3.52. The molecule has 2 N–H and O–H groups in total. The molecule has 1 saturated carbocycles. The van der Waals surface area contributed by atoms with Crippen molar-refractivity contribution in [2.45, 2.75) is 31.2 Å². The molecule has 0 aliphatic heterocycles. The Morgan fingerprint density at radius 1 is 1.42 bits per heavy atom. The number of benzene rings is 1. The SMILES string of the molecule is CCN(CC1CC1)S(=O)(=O)c1cc(CN)ccc1Cl. The Labute approximate surface area is 119 Å². The fourth-order valence-electron chi connectivity index (χ4n) is 2.00. The lowest BCUT2D eigenvalue weighted by molar-refractivity contribution is 0.412. The van der Waals surface area contributed by atoms with Crippen LogP contribution in [0.5, 0.6) is 0 Å². The minimum atomic E-state index is -3.52. The molecule has 0 heterocycles. The Hall–Kier alpha value is -0.620. The molecule has 1 aromatic rings. The summed E-state index contributed by atoms with van der Waals surface area (Å²) in [6.45, 7) is 3.19. The number of nitrogens with zero attached hydrogens (tertiary/aromatic N) is 1. The first-order valence-electron chi connectivity index (χ1n) is 6.47. The number of halogens is 1. The zero-order valence-corrected chi connectivity index (χ0v) is 12.5. The predicted octanol–water partition coefficient (Wildman–Crippen LogP) is 2.22. The predicted molar refractivity (Wildman–Crippen MR) is 76.5 cm³/mol. The molecule has 0 saturated heterocycles. The van der Waals surface area contributed by atoms with E-state index in [4.69, 9.17) is 17.3 Å². The molecule has 106 valence electrons. The fraction of sp³-hybridized carbons (Fsp3) is 0.538. The summed E-state index contributed by atoms with van der Waals surface area (Å²) in [5.41, 5.74) is 6.33. The third-order valence-corrected chi connectivity index (χ3v) is 5.78. The van der Waals surface area contributed by atoms with E-state index in [0.717, 1.165) is 18.4 Å². The number of hydrogen-bond acceptors (Lipinski definition) is 3. The van der Waals surface area contributed by atoms with Crippen LogP contribution in [-0.4, -0.2) is 25.8 Å². The zero-order valence-electron chi connectivity index (χ0n) is 11.0. The maximum absolute atomic E-state index is 12.6. The van der Waals surface area contributed by atoms with Gasteiger partial charge in [0.25, 0.3) is 0 Å². The molecule has 0 bridgehead atoms. The van der Waals surface area contributed by atoms with Crippen LogP contribution in [0.3, 0.4) is 0 Å². The second-order valence-electron chi connectivity index (χ2n) is 4.87. The summed E-state index contributed by atoms with van der Waals surface area (Å²) in [4.78, 5) is 0.166. The lowest BCUT2D eigenvalue weighted by Crippen LogP contribution is -2.33. The van der Waals surface area contributed by atoms with E-state index in [1.165, 1.54) is 4.31 Å². The summed E-state index contributed by atoms with van der Waals surface area (Å²) >= 11 is 6.04. The molecule has 0 aromatic heterocycles. The molecule has 6 heteroatoms. The quantitative estimate of drug-likeness (QED) is 0.876. The minimum Gasteiger partial charge on any atom is -0.326 e. The first kappa shape index (κ1) is 14.8. The van der Waals surface area contributed by atoms with Gasteiger partial charge in [0, 0.05) is 19.6 Å². The van der Waals surface area contributed by atoms with Gasteiger partial charge in [-0.1, -0.05) is 24.6 Å². The maximum atomic E-state index is 12.6. The number of rotatable bonds is 6. The van der Waals surface area contributed by atoms with Crippen molar-refractivity contribution >= 4 is 21.6 Å². The third kappa shape index (κ3) is 3.28. The van der Waals surface area contributed by atoms with Gasteiger partial charge in [-0.3, -0.25) is 0 Å². The molecule has 0 amide bonds. The number of sulfonamides is 1. The van der Waals surface area contributed by atoms with E-state index in [1.54, 1.807) is 18.2 Å². The summed E-state index contributed by atoms with van der Waals surface area (Å²) in [5.74, 6) is 0.506. The monoisotopic (exact) mass is 302 g/mol. The molecule has 0 radical (unpaired) electrons. The molecule has 4 nitrogen and oxygen atoms in total. The van der Waals surface area contributed by atoms with Crippen LogP contribution in [0.4, 0.5) is 0 Å². The Bertz CT molecular complexity index is 556. The van der Waals surface area contributed by atoms with Crippen LogP contribution >= 0.6 is 11.6 Å². The van der Waals surface area contributed by atoms with Crippen molar-refractivity contribution in [3.63, 3.8) is 0 Å². The highest BCUT2D eigenvalue weighted by molar-refractivity contribution is 7.89. The van der Waals surface area contributed by atoms with Gasteiger partial charge in [-0.05, 0) is 36.5 Å². The number of nitrogens with two attached hydrogens (primary N) is 1. The second kappa shape index (κ2) is 5.79. The Balaban J connectivity index is 2.35. The molecule has 1 aromatic carbocycles. The van der Waals surface area contributed by atoms with Crippen LogP contribution in [0.2, 0.25) is 5.02 Å². The van der Waals surface area contributed by atoms with Crippen molar-refractivity contribution in [2.75, 3.05) is 13.1 Å². The normalized spacial score (nSPS) is 16.0. The largest absolute Gasteiger partial charge is 0.326 e. The lowest BCUT2D eigenvalue weighted by Gasteiger charge is -2.21. The van der Waals surface area contributed by atoms with E-state index in [2.05, 4.69) is 0 Å². The van der Waals surface area contributed by atoms with Crippen molar-refractivity contribution in [3.05, 3.63) is 28.8 Å². The van der Waals surface area contributed by atoms with Crippen LogP contribution in [0.15, 0.2) is 23.1 Å². The van der Waals surface area contributed by atoms with Gasteiger partial charge in [-0.25, -0.2) is 8.42 Å². The molecular formula is C13H19ClN2O2S. The van der Waals surface area contributed by atoms with E-state index in [-0.39, 0.29) is 9.92 Å². The minimum absolute atomic E-state index is 0.166. The van der Waals surface area contributed by atoms with Crippen molar-refractivity contribution in [1.29, 1.82) is 0 Å². The molecule has 19 heavy (non-hydrogen) atoms. The first-order valence-corrected chi connectivity index (χ1v) is 8.29. The average molecular weight is 303 g/mol. The molecule has 0 spiro atoms. The van der Waals surface area contributed by atoms with Crippen molar-refractivity contribution < 1.29 is 8.42 Å². The van der Waals surface area contributed by atoms with Gasteiger partial charge < -0.3 is 5.73 Å². The highest BCUT2D eigenvalue weighted by Gasteiger charge is 2.31. The van der Waals surface area contributed by atoms with Gasteiger partial charge in [-0.2, -0.15) is 4.31 Å². The molecule has 0 atom stereocenters. The van der Waals surface area contributed by atoms with E-state index < -0.39 is 10.0 Å². The van der Waals surface area contributed by atoms with Gasteiger partial charge >= 0.3 is 0 Å². The fourth-order valence-corrected chi connectivity index (χ4v) is 4.05. The van der Waals surface area contributed by atoms with Crippen LogP contribution in [0.1, 0.15) is 25.3 Å². The van der Waals surface area contributed by atoms with E-state index >= 15 is 0 Å². The Morgan fingerprint density at radius 2 is 2.11 bits per heavy atom. The van der Waals surface area contributed by atoms with Gasteiger partial charge in [-0.15, -0.1) is 0 Å². The van der Waals surface area contributed by atoms with E-state index in [1.807, 2.05) is 6.92 Å². The summed E-state index contributed by atoms with van der Waals surface area (Å²) in [6.07, 6.45) is 2.23. The van der Waals surface area contributed by atoms with E-state index in [0.29, 0.717) is 25.6 Å². The van der Waals surface area contributed by atoms with Crippen LogP contribution in [-0.2, 0) is 16.6 Å². The smallest absolute Gasteiger partial charge is 0.244 e. The lowest BCUT2D eigenvalue weighted by atomic mass is 10.2. The van der Waals surface area contributed by atoms with Crippen LogP contribution < -0.4 is 5.73 Å². The van der Waals surface area contributed by atoms with Crippen LogP contribution in [0.25, 0.3) is 0 Å². The summed E-state index contributed by atoms with van der Waals surface area (Å²) in [6, 6.07) is 4.92. The highest BCUT2D eigenvalue weighted by Crippen LogP contribution is 2.33. The molecule has 2 rings (SSSR count). The third-order valence-electron chi connectivity index (χ3n) is 3.36. The van der Waals surface area contributed by atoms with Crippen molar-refractivity contribution in [2.24, 2.45) is 11.7 Å². The molecule has 1 fully saturated rings. The number of hydrogen-bond donors (Lipinski definition) is 1. The van der Waals surface area contributed by atoms with Crippen molar-refractivity contribution in [1.82, 2.24) is 4.31 Å². The van der Waals surface area contributed by atoms with Gasteiger partial charge in [0.1, 0.15) is 4.90 Å². The van der Waals surface area contributed by atoms with Gasteiger partial charge in [0.05, 0.1) is 5.02 Å². The summed E-state index contributed by atoms with van der Waals surface area (Å²) in [5, 5.41) is 0.256. The Kier molecular flexibility index (Phi) is 4.50. The zero-order chi connectivity index (χ0) is 14.0. The average Bonchev–Trinajstić information content (AvgIpc) is 3.20.